The van der Waals surface area contributed by atoms with Gasteiger partial charge in [0.1, 0.15) is 10.4 Å². The average molecular weight is 296 g/mol. The van der Waals surface area contributed by atoms with E-state index in [-0.39, 0.29) is 10.2 Å². The summed E-state index contributed by atoms with van der Waals surface area (Å²) in [5.74, 6) is -1.39. The van der Waals surface area contributed by atoms with Crippen molar-refractivity contribution in [1.82, 2.24) is 9.88 Å². The molecule has 0 bridgehead atoms. The smallest absolute Gasteiger partial charge is 0.326 e. The van der Waals surface area contributed by atoms with Gasteiger partial charge in [-0.1, -0.05) is 30.9 Å². The van der Waals surface area contributed by atoms with Crippen molar-refractivity contribution in [2.24, 2.45) is 0 Å². The monoisotopic (exact) mass is 296 g/mol. The fourth-order valence-corrected chi connectivity index (χ4v) is 3.14. The van der Waals surface area contributed by atoms with Crippen LogP contribution in [0.25, 0.3) is 6.08 Å². The number of rotatable bonds is 4. The Morgan fingerprint density at radius 1 is 1.68 bits per heavy atom. The first-order chi connectivity index (χ1) is 9.04. The highest BCUT2D eigenvalue weighted by molar-refractivity contribution is 8.26. The van der Waals surface area contributed by atoms with E-state index < -0.39 is 12.0 Å². The first kappa shape index (κ1) is 13.8. The van der Waals surface area contributed by atoms with Crippen LogP contribution < -0.4 is 0 Å². The molecular weight excluding hydrogens is 284 g/mol. The van der Waals surface area contributed by atoms with E-state index in [0.717, 1.165) is 17.5 Å². The molecule has 1 amide bonds. The molecule has 2 rings (SSSR count). The van der Waals surface area contributed by atoms with E-state index in [4.69, 9.17) is 17.3 Å². The van der Waals surface area contributed by atoms with Gasteiger partial charge in [0.2, 0.25) is 0 Å². The van der Waals surface area contributed by atoms with Crippen LogP contribution in [0.3, 0.4) is 0 Å². The third kappa shape index (κ3) is 2.71. The molecular formula is C12H12N2O3S2. The molecule has 0 unspecified atom stereocenters. The minimum absolute atomic E-state index is 0.289. The van der Waals surface area contributed by atoms with Crippen LogP contribution in [-0.2, 0) is 9.59 Å². The Labute approximate surface area is 119 Å². The fraction of sp³-hybridized carbons (Fsp3) is 0.250. The van der Waals surface area contributed by atoms with Crippen molar-refractivity contribution in [1.29, 1.82) is 0 Å². The van der Waals surface area contributed by atoms with Crippen molar-refractivity contribution in [2.75, 3.05) is 0 Å². The Kier molecular flexibility index (Phi) is 4.06. The number of hydrogen-bond acceptors (Lipinski definition) is 4. The zero-order chi connectivity index (χ0) is 14.0. The van der Waals surface area contributed by atoms with Crippen molar-refractivity contribution in [3.8, 4) is 0 Å². The van der Waals surface area contributed by atoms with Crippen LogP contribution in [0.5, 0.6) is 0 Å². The molecule has 0 saturated carbocycles. The van der Waals surface area contributed by atoms with Gasteiger partial charge in [-0.05, 0) is 24.6 Å². The van der Waals surface area contributed by atoms with E-state index in [2.05, 4.69) is 4.98 Å². The van der Waals surface area contributed by atoms with Gasteiger partial charge >= 0.3 is 5.97 Å². The average Bonchev–Trinajstić information content (AvgIpc) is 2.94. The van der Waals surface area contributed by atoms with Crippen LogP contribution in [0.1, 0.15) is 19.0 Å². The lowest BCUT2D eigenvalue weighted by molar-refractivity contribution is -0.145. The van der Waals surface area contributed by atoms with Crippen molar-refractivity contribution < 1.29 is 14.7 Å². The molecule has 7 heteroatoms. The van der Waals surface area contributed by atoms with Gasteiger partial charge in [0, 0.05) is 11.9 Å². The van der Waals surface area contributed by atoms with Gasteiger partial charge in [-0.15, -0.1) is 0 Å². The maximum atomic E-state index is 12.2. The topological polar surface area (TPSA) is 73.4 Å². The molecule has 0 radical (unpaired) electrons. The van der Waals surface area contributed by atoms with E-state index in [9.17, 15) is 9.59 Å². The van der Waals surface area contributed by atoms with Crippen molar-refractivity contribution >= 4 is 46.3 Å². The minimum Gasteiger partial charge on any atom is -0.480 e. The number of carbonyl (C=O) groups is 2. The lowest BCUT2D eigenvalue weighted by Crippen LogP contribution is -2.43. The van der Waals surface area contributed by atoms with E-state index in [1.54, 1.807) is 19.2 Å². The molecule has 2 N–H and O–H groups in total. The van der Waals surface area contributed by atoms with Gasteiger partial charge in [-0.2, -0.15) is 0 Å². The highest BCUT2D eigenvalue weighted by atomic mass is 32.2. The van der Waals surface area contributed by atoms with Gasteiger partial charge < -0.3 is 10.1 Å². The van der Waals surface area contributed by atoms with E-state index in [1.165, 1.54) is 4.90 Å². The predicted octanol–water partition coefficient (Wildman–Crippen LogP) is 2.08. The summed E-state index contributed by atoms with van der Waals surface area (Å²) < 4.78 is 0.289. The Morgan fingerprint density at radius 2 is 2.42 bits per heavy atom. The summed E-state index contributed by atoms with van der Waals surface area (Å²) in [6.45, 7) is 1.71. The lowest BCUT2D eigenvalue weighted by atomic mass is 10.2. The van der Waals surface area contributed by atoms with Crippen LogP contribution in [0.15, 0.2) is 23.2 Å². The number of thioether (sulfide) groups is 1. The summed E-state index contributed by atoms with van der Waals surface area (Å²) in [6.07, 6.45) is 3.74. The number of nitrogens with one attached hydrogen (secondary N) is 1. The SMILES string of the molecule is CC[C@@H](C(=O)O)N1C(=O)/C(=C/c2ccc[nH]2)SC1=S. The van der Waals surface area contributed by atoms with Crippen LogP contribution in [0.4, 0.5) is 0 Å². The number of carboxylic acid groups (broad SMARTS) is 1. The summed E-state index contributed by atoms with van der Waals surface area (Å²) in [5.41, 5.74) is 0.781. The number of aliphatic carboxylic acids is 1. The zero-order valence-electron chi connectivity index (χ0n) is 10.1. The van der Waals surface area contributed by atoms with E-state index in [1.807, 2.05) is 12.1 Å². The molecule has 0 aliphatic carbocycles. The molecule has 1 aliphatic rings. The lowest BCUT2D eigenvalue weighted by Gasteiger charge is -2.21. The summed E-state index contributed by atoms with van der Waals surface area (Å²) in [5, 5.41) is 9.12. The third-order valence-electron chi connectivity index (χ3n) is 2.72. The van der Waals surface area contributed by atoms with Crippen molar-refractivity contribution in [3.05, 3.63) is 28.9 Å². The summed E-state index contributed by atoms with van der Waals surface area (Å²) in [4.78, 5) is 27.9. The number of amides is 1. The second-order valence-electron chi connectivity index (χ2n) is 3.94. The van der Waals surface area contributed by atoms with Crippen LogP contribution >= 0.6 is 24.0 Å². The fourth-order valence-electron chi connectivity index (χ4n) is 1.79. The Bertz CT molecular complexity index is 551. The zero-order valence-corrected chi connectivity index (χ0v) is 11.8. The number of thiocarbonyl (C=S) groups is 1. The van der Waals surface area contributed by atoms with Crippen molar-refractivity contribution in [2.45, 2.75) is 19.4 Å². The normalized spacial score (nSPS) is 19.2. The second kappa shape index (κ2) is 5.58. The van der Waals surface area contributed by atoms with Gasteiger partial charge in [0.25, 0.3) is 5.91 Å². The van der Waals surface area contributed by atoms with Gasteiger partial charge in [-0.25, -0.2) is 4.79 Å². The van der Waals surface area contributed by atoms with Crippen LogP contribution in [0.2, 0.25) is 0 Å². The maximum Gasteiger partial charge on any atom is 0.326 e. The number of carbonyl (C=O) groups excluding carboxylic acids is 1. The molecule has 5 nitrogen and oxygen atoms in total. The summed E-state index contributed by atoms with van der Waals surface area (Å²) in [6, 6.07) is 2.74. The Morgan fingerprint density at radius 3 is 2.95 bits per heavy atom. The number of hydrogen-bond donors (Lipinski definition) is 2. The molecule has 1 aromatic heterocycles. The maximum absolute atomic E-state index is 12.2. The Hall–Kier alpha value is -1.60. The minimum atomic E-state index is -1.04. The van der Waals surface area contributed by atoms with Crippen molar-refractivity contribution in [3.63, 3.8) is 0 Å². The number of nitrogens with zero attached hydrogens (tertiary/aromatic N) is 1. The van der Waals surface area contributed by atoms with E-state index >= 15 is 0 Å². The molecule has 1 atom stereocenters. The molecule has 0 aromatic carbocycles. The quantitative estimate of drug-likeness (QED) is 0.657. The second-order valence-corrected chi connectivity index (χ2v) is 5.62. The molecule has 1 aliphatic heterocycles. The predicted molar refractivity (Wildman–Crippen MR) is 77.5 cm³/mol. The first-order valence-corrected chi connectivity index (χ1v) is 6.90. The number of aromatic amines is 1. The molecule has 1 aromatic rings. The molecule has 100 valence electrons. The highest BCUT2D eigenvalue weighted by Gasteiger charge is 2.39. The number of carboxylic acids is 1. The molecule has 19 heavy (non-hydrogen) atoms. The molecule has 1 fully saturated rings. The summed E-state index contributed by atoms with van der Waals surface area (Å²) >= 11 is 6.23. The highest BCUT2D eigenvalue weighted by Crippen LogP contribution is 2.34. The van der Waals surface area contributed by atoms with Crippen LogP contribution in [0, 0.1) is 0 Å². The molecule has 0 spiro atoms. The standard InChI is InChI=1S/C12H12N2O3S2/c1-2-8(11(16)17)14-10(15)9(19-12(14)18)6-7-4-3-5-13-7/h3-6,8,13H,2H2,1H3,(H,16,17)/b9-6-/t8-/m0/s1. The molecule has 2 heterocycles. The Balaban J connectivity index is 2.28. The van der Waals surface area contributed by atoms with Gasteiger partial charge in [0.15, 0.2) is 0 Å². The number of aromatic nitrogens is 1. The first-order valence-electron chi connectivity index (χ1n) is 5.68. The van der Waals surface area contributed by atoms with Gasteiger partial charge in [-0.3, -0.25) is 9.69 Å². The largest absolute Gasteiger partial charge is 0.480 e. The van der Waals surface area contributed by atoms with E-state index in [0.29, 0.717) is 11.3 Å². The summed E-state index contributed by atoms with van der Waals surface area (Å²) in [7, 11) is 0. The van der Waals surface area contributed by atoms with Crippen LogP contribution in [-0.4, -0.2) is 37.2 Å². The third-order valence-corrected chi connectivity index (χ3v) is 4.05. The number of H-pyrrole nitrogens is 1. The molecule has 1 saturated heterocycles. The van der Waals surface area contributed by atoms with Gasteiger partial charge in [0.05, 0.1) is 4.91 Å².